The third kappa shape index (κ3) is 4.44. The van der Waals surface area contributed by atoms with Gasteiger partial charge in [-0.3, -0.25) is 9.69 Å². The number of thiophene rings is 1. The molecule has 2 atom stereocenters. The number of halogens is 1. The Bertz CT molecular complexity index is 501. The molecule has 2 unspecified atom stereocenters. The number of rotatable bonds is 5. The highest BCUT2D eigenvalue weighted by molar-refractivity contribution is 7.10. The highest BCUT2D eigenvalue weighted by Crippen LogP contribution is 2.23. The van der Waals surface area contributed by atoms with E-state index >= 15 is 0 Å². The highest BCUT2D eigenvalue weighted by atomic mass is 35.5. The fourth-order valence-electron chi connectivity index (χ4n) is 3.40. The molecule has 1 aromatic rings. The van der Waals surface area contributed by atoms with Gasteiger partial charge in [-0.15, -0.1) is 11.3 Å². The maximum Gasteiger partial charge on any atom is 0.237 e. The predicted octanol–water partition coefficient (Wildman–Crippen LogP) is 2.48. The van der Waals surface area contributed by atoms with E-state index in [4.69, 9.17) is 11.6 Å². The first-order valence-corrected chi connectivity index (χ1v) is 9.43. The number of hydrogen-bond acceptors (Lipinski definition) is 4. The molecule has 22 heavy (non-hydrogen) atoms. The lowest BCUT2D eigenvalue weighted by Gasteiger charge is -2.32. The van der Waals surface area contributed by atoms with Crippen LogP contribution in [0.3, 0.4) is 0 Å². The van der Waals surface area contributed by atoms with Gasteiger partial charge in [0.25, 0.3) is 0 Å². The summed E-state index contributed by atoms with van der Waals surface area (Å²) in [6.07, 6.45) is 4.50. The predicted molar refractivity (Wildman–Crippen MR) is 91.4 cm³/mol. The average Bonchev–Trinajstić information content (AvgIpc) is 3.17. The number of likely N-dealkylation sites (tertiary alicyclic amines) is 1. The highest BCUT2D eigenvalue weighted by Gasteiger charge is 2.24. The van der Waals surface area contributed by atoms with Crippen LogP contribution >= 0.6 is 22.9 Å². The maximum absolute atomic E-state index is 12.1. The molecule has 2 aliphatic heterocycles. The van der Waals surface area contributed by atoms with Gasteiger partial charge in [0.05, 0.1) is 11.1 Å². The van der Waals surface area contributed by atoms with E-state index in [0.717, 1.165) is 50.6 Å². The Hall–Kier alpha value is -0.620. The molecule has 0 bridgehead atoms. The third-order valence-corrected chi connectivity index (χ3v) is 5.82. The van der Waals surface area contributed by atoms with E-state index in [1.54, 1.807) is 11.3 Å². The molecule has 0 spiro atoms. The summed E-state index contributed by atoms with van der Waals surface area (Å²) >= 11 is 7.72. The van der Waals surface area contributed by atoms with Crippen LogP contribution in [0, 0.1) is 5.92 Å². The van der Waals surface area contributed by atoms with Crippen molar-refractivity contribution in [2.24, 2.45) is 5.92 Å². The molecule has 0 saturated carbocycles. The summed E-state index contributed by atoms with van der Waals surface area (Å²) in [6, 6.07) is 2.09. The summed E-state index contributed by atoms with van der Waals surface area (Å²) in [5, 5.41) is 9.22. The molecule has 1 aromatic heterocycles. The van der Waals surface area contributed by atoms with Crippen molar-refractivity contribution in [3.63, 3.8) is 0 Å². The molecule has 1 amide bonds. The summed E-state index contributed by atoms with van der Waals surface area (Å²) in [4.78, 5) is 15.9. The first-order chi connectivity index (χ1) is 10.7. The van der Waals surface area contributed by atoms with E-state index in [0.29, 0.717) is 5.92 Å². The largest absolute Gasteiger partial charge is 0.354 e. The zero-order valence-corrected chi connectivity index (χ0v) is 14.4. The van der Waals surface area contributed by atoms with Gasteiger partial charge >= 0.3 is 0 Å². The molecule has 122 valence electrons. The van der Waals surface area contributed by atoms with Crippen molar-refractivity contribution in [2.75, 3.05) is 26.2 Å². The molecule has 0 aliphatic carbocycles. The Morgan fingerprint density at radius 3 is 3.09 bits per heavy atom. The number of carbonyl (C=O) groups excluding carboxylic acids is 1. The summed E-state index contributed by atoms with van der Waals surface area (Å²) in [7, 11) is 0. The number of hydrogen-bond donors (Lipinski definition) is 2. The van der Waals surface area contributed by atoms with Gasteiger partial charge in [0, 0.05) is 29.9 Å². The van der Waals surface area contributed by atoms with Crippen LogP contribution in [0.1, 0.15) is 30.6 Å². The molecule has 0 radical (unpaired) electrons. The monoisotopic (exact) mass is 341 g/mol. The summed E-state index contributed by atoms with van der Waals surface area (Å²) < 4.78 is 0. The SMILES string of the molecule is O=C(NCC1CCCN(Cc2cc(Cl)cs2)C1)C1CCCN1. The molecular formula is C16H24ClN3OS. The van der Waals surface area contributed by atoms with E-state index in [9.17, 15) is 4.79 Å². The van der Waals surface area contributed by atoms with Crippen molar-refractivity contribution in [2.45, 2.75) is 38.3 Å². The normalized spacial score (nSPS) is 26.2. The minimum absolute atomic E-state index is 0.0351. The Morgan fingerprint density at radius 2 is 2.36 bits per heavy atom. The zero-order valence-electron chi connectivity index (χ0n) is 12.8. The van der Waals surface area contributed by atoms with Crippen LogP contribution in [0.2, 0.25) is 5.02 Å². The van der Waals surface area contributed by atoms with Crippen molar-refractivity contribution in [1.82, 2.24) is 15.5 Å². The van der Waals surface area contributed by atoms with Crippen LogP contribution in [0.5, 0.6) is 0 Å². The van der Waals surface area contributed by atoms with Crippen molar-refractivity contribution in [3.8, 4) is 0 Å². The van der Waals surface area contributed by atoms with Gasteiger partial charge in [0.15, 0.2) is 0 Å². The number of nitrogens with zero attached hydrogens (tertiary/aromatic N) is 1. The lowest BCUT2D eigenvalue weighted by Crippen LogP contribution is -2.45. The first-order valence-electron chi connectivity index (χ1n) is 8.17. The van der Waals surface area contributed by atoms with Gasteiger partial charge in [0.1, 0.15) is 0 Å². The van der Waals surface area contributed by atoms with Gasteiger partial charge in [-0.1, -0.05) is 11.6 Å². The van der Waals surface area contributed by atoms with Crippen LogP contribution < -0.4 is 10.6 Å². The van der Waals surface area contributed by atoms with Crippen molar-refractivity contribution in [3.05, 3.63) is 21.3 Å². The second kappa shape index (κ2) is 7.77. The Morgan fingerprint density at radius 1 is 1.45 bits per heavy atom. The number of amides is 1. The topological polar surface area (TPSA) is 44.4 Å². The van der Waals surface area contributed by atoms with Crippen LogP contribution in [0.15, 0.2) is 11.4 Å². The van der Waals surface area contributed by atoms with Crippen LogP contribution in [-0.2, 0) is 11.3 Å². The summed E-state index contributed by atoms with van der Waals surface area (Å²) in [5.74, 6) is 0.745. The lowest BCUT2D eigenvalue weighted by atomic mass is 9.97. The van der Waals surface area contributed by atoms with Crippen LogP contribution in [0.4, 0.5) is 0 Å². The van der Waals surface area contributed by atoms with Crippen LogP contribution in [0.25, 0.3) is 0 Å². The molecule has 2 fully saturated rings. The fraction of sp³-hybridized carbons (Fsp3) is 0.688. The third-order valence-electron chi connectivity index (χ3n) is 4.55. The molecular weight excluding hydrogens is 318 g/mol. The number of nitrogens with one attached hydrogen (secondary N) is 2. The molecule has 3 heterocycles. The van der Waals surface area contributed by atoms with Crippen LogP contribution in [-0.4, -0.2) is 43.0 Å². The average molecular weight is 342 g/mol. The Kier molecular flexibility index (Phi) is 5.74. The van der Waals surface area contributed by atoms with E-state index in [1.807, 2.05) is 5.38 Å². The van der Waals surface area contributed by atoms with Gasteiger partial charge in [0.2, 0.25) is 5.91 Å². The molecule has 2 saturated heterocycles. The van der Waals surface area contributed by atoms with Crippen molar-refractivity contribution in [1.29, 1.82) is 0 Å². The first kappa shape index (κ1) is 16.2. The molecule has 2 aliphatic rings. The molecule has 3 rings (SSSR count). The number of carbonyl (C=O) groups is 1. The summed E-state index contributed by atoms with van der Waals surface area (Å²) in [5.41, 5.74) is 0. The minimum Gasteiger partial charge on any atom is -0.354 e. The Labute approximate surface area is 141 Å². The second-order valence-electron chi connectivity index (χ2n) is 6.37. The van der Waals surface area contributed by atoms with Gasteiger partial charge < -0.3 is 10.6 Å². The summed E-state index contributed by atoms with van der Waals surface area (Å²) in [6.45, 7) is 4.96. The van der Waals surface area contributed by atoms with Gasteiger partial charge in [-0.25, -0.2) is 0 Å². The molecule has 4 nitrogen and oxygen atoms in total. The quantitative estimate of drug-likeness (QED) is 0.864. The number of piperidine rings is 1. The molecule has 0 aromatic carbocycles. The maximum atomic E-state index is 12.1. The molecule has 6 heteroatoms. The van der Waals surface area contributed by atoms with Crippen molar-refractivity contribution >= 4 is 28.8 Å². The van der Waals surface area contributed by atoms with Gasteiger partial charge in [-0.05, 0) is 50.8 Å². The second-order valence-corrected chi connectivity index (χ2v) is 7.80. The minimum atomic E-state index is 0.0351. The van der Waals surface area contributed by atoms with E-state index < -0.39 is 0 Å². The van der Waals surface area contributed by atoms with Crippen molar-refractivity contribution < 1.29 is 4.79 Å². The van der Waals surface area contributed by atoms with Gasteiger partial charge in [-0.2, -0.15) is 0 Å². The standard InChI is InChI=1S/C16H24ClN3OS/c17-13-7-14(22-11-13)10-20-6-2-3-12(9-20)8-19-16(21)15-4-1-5-18-15/h7,11-12,15,18H,1-6,8-10H2,(H,19,21). The fourth-order valence-corrected chi connectivity index (χ4v) is 4.51. The lowest BCUT2D eigenvalue weighted by molar-refractivity contribution is -0.123. The zero-order chi connectivity index (χ0) is 15.4. The molecule has 2 N–H and O–H groups in total. The van der Waals surface area contributed by atoms with E-state index in [1.165, 1.54) is 17.7 Å². The van der Waals surface area contributed by atoms with E-state index in [-0.39, 0.29) is 11.9 Å². The van der Waals surface area contributed by atoms with E-state index in [2.05, 4.69) is 21.6 Å². The Balaban J connectivity index is 1.43. The smallest absolute Gasteiger partial charge is 0.237 e.